The molecule has 5 nitrogen and oxygen atoms in total. The summed E-state index contributed by atoms with van der Waals surface area (Å²) in [7, 11) is 1.95. The summed E-state index contributed by atoms with van der Waals surface area (Å²) in [5, 5.41) is 2.95. The topological polar surface area (TPSA) is 72.9 Å². The monoisotopic (exact) mass is 322 g/mol. The molecule has 124 valence electrons. The van der Waals surface area contributed by atoms with E-state index in [0.717, 1.165) is 22.4 Å². The van der Waals surface area contributed by atoms with E-state index in [1.165, 1.54) is 0 Å². The summed E-state index contributed by atoms with van der Waals surface area (Å²) in [4.78, 5) is 17.0. The van der Waals surface area contributed by atoms with Gasteiger partial charge in [0.15, 0.2) is 0 Å². The van der Waals surface area contributed by atoms with Crippen molar-refractivity contribution in [1.29, 1.82) is 0 Å². The van der Waals surface area contributed by atoms with Crippen LogP contribution in [0.5, 0.6) is 0 Å². The summed E-state index contributed by atoms with van der Waals surface area (Å²) in [5.74, 6) is 0.436. The van der Waals surface area contributed by atoms with E-state index in [2.05, 4.69) is 10.3 Å². The van der Waals surface area contributed by atoms with Gasteiger partial charge in [-0.25, -0.2) is 4.98 Å². The second-order valence-electron chi connectivity index (χ2n) is 6.02. The lowest BCUT2D eigenvalue weighted by molar-refractivity contribution is -0.125. The highest BCUT2D eigenvalue weighted by Crippen LogP contribution is 2.19. The Hall–Kier alpha value is -2.66. The lowest BCUT2D eigenvalue weighted by atomic mass is 9.95. The van der Waals surface area contributed by atoms with Crippen LogP contribution in [0.1, 0.15) is 24.4 Å². The van der Waals surface area contributed by atoms with E-state index in [1.807, 2.05) is 73.1 Å². The first-order valence-electron chi connectivity index (χ1n) is 8.06. The molecule has 1 aromatic heterocycles. The van der Waals surface area contributed by atoms with Gasteiger partial charge in [-0.15, -0.1) is 0 Å². The smallest absolute Gasteiger partial charge is 0.225 e. The molecular weight excluding hydrogens is 300 g/mol. The summed E-state index contributed by atoms with van der Waals surface area (Å²) < 4.78 is 2.00. The molecule has 0 saturated carbocycles. The fourth-order valence-electron chi connectivity index (χ4n) is 2.81. The number of hydrogen-bond donors (Lipinski definition) is 2. The fraction of sp³-hybridized carbons (Fsp3) is 0.263. The van der Waals surface area contributed by atoms with Gasteiger partial charge in [-0.2, -0.15) is 0 Å². The van der Waals surface area contributed by atoms with E-state index >= 15 is 0 Å². The van der Waals surface area contributed by atoms with Gasteiger partial charge in [0, 0.05) is 13.1 Å². The predicted octanol–water partition coefficient (Wildman–Crippen LogP) is 2.53. The SMILES string of the molecule is CC(C(=O)NCc1nc2ccccc2n1C)C(N)c1ccccc1. The number of para-hydroxylation sites is 2. The Bertz CT molecular complexity index is 841. The standard InChI is InChI=1S/C19H22N4O/c1-13(18(20)14-8-4-3-5-9-14)19(24)21-12-17-22-15-10-6-7-11-16(15)23(17)2/h3-11,13,18H,12,20H2,1-2H3,(H,21,24). The van der Waals surface area contributed by atoms with Gasteiger partial charge < -0.3 is 15.6 Å². The maximum absolute atomic E-state index is 12.4. The third-order valence-corrected chi connectivity index (χ3v) is 4.44. The number of fused-ring (bicyclic) bond motifs is 1. The summed E-state index contributed by atoms with van der Waals surface area (Å²) >= 11 is 0. The van der Waals surface area contributed by atoms with E-state index in [4.69, 9.17) is 5.73 Å². The highest BCUT2D eigenvalue weighted by Gasteiger charge is 2.22. The van der Waals surface area contributed by atoms with Crippen LogP contribution in [-0.4, -0.2) is 15.5 Å². The second-order valence-corrected chi connectivity index (χ2v) is 6.02. The van der Waals surface area contributed by atoms with Crippen LogP contribution in [0, 0.1) is 5.92 Å². The molecular formula is C19H22N4O. The molecule has 2 aromatic carbocycles. The molecule has 24 heavy (non-hydrogen) atoms. The normalized spacial score (nSPS) is 13.6. The van der Waals surface area contributed by atoms with Gasteiger partial charge in [-0.3, -0.25) is 4.79 Å². The largest absolute Gasteiger partial charge is 0.349 e. The summed E-state index contributed by atoms with van der Waals surface area (Å²) in [6.07, 6.45) is 0. The zero-order valence-electron chi connectivity index (χ0n) is 13.9. The number of carbonyl (C=O) groups excluding carboxylic acids is 1. The van der Waals surface area contributed by atoms with Crippen molar-refractivity contribution in [3.63, 3.8) is 0 Å². The van der Waals surface area contributed by atoms with Gasteiger partial charge >= 0.3 is 0 Å². The molecule has 1 heterocycles. The van der Waals surface area contributed by atoms with E-state index < -0.39 is 0 Å². The number of carbonyl (C=O) groups is 1. The second kappa shape index (κ2) is 6.84. The molecule has 0 saturated heterocycles. The molecule has 0 bridgehead atoms. The summed E-state index contributed by atoms with van der Waals surface area (Å²) in [6.45, 7) is 2.23. The number of aryl methyl sites for hydroxylation is 1. The number of imidazole rings is 1. The maximum Gasteiger partial charge on any atom is 0.225 e. The third-order valence-electron chi connectivity index (χ3n) is 4.44. The molecule has 5 heteroatoms. The van der Waals surface area contributed by atoms with Crippen molar-refractivity contribution in [1.82, 2.24) is 14.9 Å². The quantitative estimate of drug-likeness (QED) is 0.758. The van der Waals surface area contributed by atoms with Crippen LogP contribution in [0.25, 0.3) is 11.0 Å². The molecule has 0 aliphatic heterocycles. The lowest BCUT2D eigenvalue weighted by Crippen LogP contribution is -2.35. The van der Waals surface area contributed by atoms with Crippen molar-refractivity contribution in [3.8, 4) is 0 Å². The minimum atomic E-state index is -0.327. The Kier molecular flexibility index (Phi) is 4.62. The van der Waals surface area contributed by atoms with Gasteiger partial charge in [0.25, 0.3) is 0 Å². The molecule has 0 spiro atoms. The molecule has 3 rings (SSSR count). The highest BCUT2D eigenvalue weighted by molar-refractivity contribution is 5.79. The van der Waals surface area contributed by atoms with E-state index in [1.54, 1.807) is 0 Å². The number of benzene rings is 2. The van der Waals surface area contributed by atoms with Gasteiger partial charge in [0.1, 0.15) is 5.82 Å². The van der Waals surface area contributed by atoms with Crippen molar-refractivity contribution in [2.45, 2.75) is 19.5 Å². The number of nitrogens with one attached hydrogen (secondary N) is 1. The molecule has 1 amide bonds. The number of nitrogens with two attached hydrogens (primary N) is 1. The first-order valence-corrected chi connectivity index (χ1v) is 8.06. The molecule has 2 atom stereocenters. The van der Waals surface area contributed by atoms with Gasteiger partial charge in [0.2, 0.25) is 5.91 Å². The number of rotatable bonds is 5. The third kappa shape index (κ3) is 3.16. The molecule has 0 aliphatic carbocycles. The van der Waals surface area contributed by atoms with Gasteiger partial charge in [-0.05, 0) is 17.7 Å². The number of nitrogens with zero attached hydrogens (tertiary/aromatic N) is 2. The number of hydrogen-bond acceptors (Lipinski definition) is 3. The number of aromatic nitrogens is 2. The van der Waals surface area contributed by atoms with Crippen LogP contribution in [0.2, 0.25) is 0 Å². The Labute approximate surface area is 141 Å². The minimum absolute atomic E-state index is 0.0709. The minimum Gasteiger partial charge on any atom is -0.349 e. The van der Waals surface area contributed by atoms with E-state index in [-0.39, 0.29) is 17.9 Å². The van der Waals surface area contributed by atoms with Crippen LogP contribution < -0.4 is 11.1 Å². The van der Waals surface area contributed by atoms with Gasteiger partial charge in [0.05, 0.1) is 23.5 Å². The Morgan fingerprint density at radius 2 is 1.83 bits per heavy atom. The van der Waals surface area contributed by atoms with Crippen LogP contribution in [0.3, 0.4) is 0 Å². The van der Waals surface area contributed by atoms with Gasteiger partial charge in [-0.1, -0.05) is 49.4 Å². The average molecular weight is 322 g/mol. The highest BCUT2D eigenvalue weighted by atomic mass is 16.1. The van der Waals surface area contributed by atoms with Crippen LogP contribution in [-0.2, 0) is 18.4 Å². The molecule has 0 aliphatic rings. The van der Waals surface area contributed by atoms with Crippen molar-refractivity contribution < 1.29 is 4.79 Å². The van der Waals surface area contributed by atoms with E-state index in [9.17, 15) is 4.79 Å². The average Bonchev–Trinajstić information content (AvgIpc) is 2.95. The Balaban J connectivity index is 1.67. The van der Waals surface area contributed by atoms with E-state index in [0.29, 0.717) is 6.54 Å². The molecule has 3 N–H and O–H groups in total. The van der Waals surface area contributed by atoms with Crippen molar-refractivity contribution >= 4 is 16.9 Å². The predicted molar refractivity (Wildman–Crippen MR) is 95.1 cm³/mol. The number of amides is 1. The zero-order chi connectivity index (χ0) is 17.1. The van der Waals surface area contributed by atoms with Crippen LogP contribution >= 0.6 is 0 Å². The molecule has 0 fully saturated rings. The molecule has 2 unspecified atom stereocenters. The molecule has 3 aromatic rings. The van der Waals surface area contributed by atoms with Crippen molar-refractivity contribution in [2.24, 2.45) is 18.7 Å². The zero-order valence-corrected chi connectivity index (χ0v) is 13.9. The van der Waals surface area contributed by atoms with Crippen molar-refractivity contribution in [2.75, 3.05) is 0 Å². The summed E-state index contributed by atoms with van der Waals surface area (Å²) in [5.41, 5.74) is 9.16. The first kappa shape index (κ1) is 16.2. The molecule has 0 radical (unpaired) electrons. The van der Waals surface area contributed by atoms with Crippen LogP contribution in [0.15, 0.2) is 54.6 Å². The summed E-state index contributed by atoms with van der Waals surface area (Å²) in [6, 6.07) is 17.3. The lowest BCUT2D eigenvalue weighted by Gasteiger charge is -2.19. The maximum atomic E-state index is 12.4. The Morgan fingerprint density at radius 3 is 2.54 bits per heavy atom. The van der Waals surface area contributed by atoms with Crippen molar-refractivity contribution in [3.05, 3.63) is 66.0 Å². The van der Waals surface area contributed by atoms with Crippen LogP contribution in [0.4, 0.5) is 0 Å². The first-order chi connectivity index (χ1) is 11.6. The Morgan fingerprint density at radius 1 is 1.17 bits per heavy atom. The fourth-order valence-corrected chi connectivity index (χ4v) is 2.81.